The number of hydrogen-bond donors (Lipinski definition) is 3. The Bertz CT molecular complexity index is 848. The van der Waals surface area contributed by atoms with Crippen molar-refractivity contribution in [1.29, 1.82) is 0 Å². The second-order valence-corrected chi connectivity index (χ2v) is 4.48. The maximum Gasteiger partial charge on any atom is 0.323 e. The lowest BCUT2D eigenvalue weighted by atomic mass is 10.1. The maximum atomic E-state index is 12.2. The zero-order valence-electron chi connectivity index (χ0n) is 10.7. The molecule has 0 saturated heterocycles. The molecule has 2 aromatic heterocycles. The fraction of sp³-hybridized carbons (Fsp3) is 0.0714. The summed E-state index contributed by atoms with van der Waals surface area (Å²) in [5.41, 5.74) is 3.08. The molecule has 0 aliphatic rings. The summed E-state index contributed by atoms with van der Waals surface area (Å²) in [4.78, 5) is 32.6. The smallest absolute Gasteiger partial charge is 0.322 e. The number of aryl methyl sites for hydroxylation is 1. The number of H-pyrrole nitrogens is 2. The van der Waals surface area contributed by atoms with Crippen molar-refractivity contribution in [2.45, 2.75) is 6.92 Å². The number of aromatic amines is 2. The van der Waals surface area contributed by atoms with Crippen LogP contribution in [0.25, 0.3) is 11.0 Å². The number of amides is 1. The van der Waals surface area contributed by atoms with Crippen LogP contribution in [0.4, 0.5) is 5.69 Å². The standard InChI is InChI=1S/C14H12N4O2/c1-8-7-15-5-4-10(8)13(19)16-9-2-3-11-12(6-9)18-14(20)17-11/h2-7H,1H3,(H,16,19)(H2,17,18,20). The van der Waals surface area contributed by atoms with Crippen molar-refractivity contribution in [3.05, 3.63) is 58.3 Å². The summed E-state index contributed by atoms with van der Waals surface area (Å²) in [6, 6.07) is 6.85. The van der Waals surface area contributed by atoms with Gasteiger partial charge >= 0.3 is 5.69 Å². The lowest BCUT2D eigenvalue weighted by molar-refractivity contribution is 0.102. The molecule has 6 heteroatoms. The van der Waals surface area contributed by atoms with Crippen molar-refractivity contribution in [2.24, 2.45) is 0 Å². The molecule has 6 nitrogen and oxygen atoms in total. The number of nitrogens with one attached hydrogen (secondary N) is 3. The van der Waals surface area contributed by atoms with Gasteiger partial charge in [0.15, 0.2) is 0 Å². The molecule has 3 N–H and O–H groups in total. The molecule has 0 spiro atoms. The Hall–Kier alpha value is -2.89. The number of anilines is 1. The molecule has 20 heavy (non-hydrogen) atoms. The van der Waals surface area contributed by atoms with Crippen molar-refractivity contribution >= 4 is 22.6 Å². The van der Waals surface area contributed by atoms with Gasteiger partial charge in [0.2, 0.25) is 0 Å². The molecule has 0 atom stereocenters. The number of benzene rings is 1. The van der Waals surface area contributed by atoms with Crippen LogP contribution in [-0.4, -0.2) is 20.9 Å². The van der Waals surface area contributed by atoms with Crippen LogP contribution in [-0.2, 0) is 0 Å². The monoisotopic (exact) mass is 268 g/mol. The van der Waals surface area contributed by atoms with E-state index in [1.807, 2.05) is 6.92 Å². The second-order valence-electron chi connectivity index (χ2n) is 4.48. The van der Waals surface area contributed by atoms with Crippen LogP contribution in [0.2, 0.25) is 0 Å². The van der Waals surface area contributed by atoms with Gasteiger partial charge in [-0.3, -0.25) is 9.78 Å². The Balaban J connectivity index is 1.91. The van der Waals surface area contributed by atoms with E-state index < -0.39 is 0 Å². The molecule has 0 unspecified atom stereocenters. The van der Waals surface area contributed by atoms with E-state index in [0.717, 1.165) is 5.56 Å². The maximum absolute atomic E-state index is 12.2. The van der Waals surface area contributed by atoms with Crippen molar-refractivity contribution in [1.82, 2.24) is 15.0 Å². The minimum atomic E-state index is -0.270. The third-order valence-electron chi connectivity index (χ3n) is 3.04. The van der Waals surface area contributed by atoms with Crippen molar-refractivity contribution in [2.75, 3.05) is 5.32 Å². The number of nitrogens with zero attached hydrogens (tertiary/aromatic N) is 1. The summed E-state index contributed by atoms with van der Waals surface area (Å²) in [5, 5.41) is 2.80. The van der Waals surface area contributed by atoms with Gasteiger partial charge in [0.25, 0.3) is 5.91 Å². The first-order valence-corrected chi connectivity index (χ1v) is 6.07. The Labute approximate surface area is 113 Å². The first-order valence-electron chi connectivity index (χ1n) is 6.07. The minimum absolute atomic E-state index is 0.206. The van der Waals surface area contributed by atoms with E-state index in [-0.39, 0.29) is 11.6 Å². The predicted octanol–water partition coefficient (Wildman–Crippen LogP) is 1.81. The molecule has 0 radical (unpaired) electrons. The number of pyridine rings is 1. The summed E-state index contributed by atoms with van der Waals surface area (Å²) in [6.07, 6.45) is 3.22. The number of fused-ring (bicyclic) bond motifs is 1. The van der Waals surface area contributed by atoms with Gasteiger partial charge in [-0.15, -0.1) is 0 Å². The SMILES string of the molecule is Cc1cnccc1C(=O)Nc1ccc2[nH]c(=O)[nH]c2c1. The van der Waals surface area contributed by atoms with Gasteiger partial charge in [0.1, 0.15) is 0 Å². The zero-order valence-corrected chi connectivity index (χ0v) is 10.7. The third-order valence-corrected chi connectivity index (χ3v) is 3.04. The second kappa shape index (κ2) is 4.65. The third kappa shape index (κ3) is 2.18. The molecule has 2 heterocycles. The van der Waals surface area contributed by atoms with Crippen molar-refractivity contribution in [3.63, 3.8) is 0 Å². The largest absolute Gasteiger partial charge is 0.323 e. The van der Waals surface area contributed by atoms with Gasteiger partial charge in [-0.25, -0.2) is 4.79 Å². The van der Waals surface area contributed by atoms with Crippen molar-refractivity contribution in [3.8, 4) is 0 Å². The molecule has 0 saturated carbocycles. The first kappa shape index (κ1) is 12.2. The quantitative estimate of drug-likeness (QED) is 0.662. The number of carbonyl (C=O) groups is 1. The molecule has 100 valence electrons. The van der Waals surface area contributed by atoms with E-state index in [0.29, 0.717) is 22.3 Å². The van der Waals surface area contributed by atoms with Gasteiger partial charge < -0.3 is 15.3 Å². The molecule has 0 fully saturated rings. The molecule has 0 aliphatic carbocycles. The Morgan fingerprint density at radius 1 is 1.20 bits per heavy atom. The van der Waals surface area contributed by atoms with E-state index in [1.54, 1.807) is 36.7 Å². The fourth-order valence-electron chi connectivity index (χ4n) is 2.04. The normalized spacial score (nSPS) is 10.7. The van der Waals surface area contributed by atoms with Crippen LogP contribution in [0.3, 0.4) is 0 Å². The minimum Gasteiger partial charge on any atom is -0.322 e. The Morgan fingerprint density at radius 3 is 2.80 bits per heavy atom. The zero-order chi connectivity index (χ0) is 14.1. The van der Waals surface area contributed by atoms with Gasteiger partial charge in [-0.2, -0.15) is 0 Å². The number of carbonyl (C=O) groups excluding carboxylic acids is 1. The van der Waals surface area contributed by atoms with E-state index in [9.17, 15) is 9.59 Å². The van der Waals surface area contributed by atoms with E-state index in [4.69, 9.17) is 0 Å². The highest BCUT2D eigenvalue weighted by Gasteiger charge is 2.09. The summed E-state index contributed by atoms with van der Waals surface area (Å²) in [5.74, 6) is -0.206. The van der Waals surface area contributed by atoms with Crippen LogP contribution in [0.1, 0.15) is 15.9 Å². The van der Waals surface area contributed by atoms with Crippen molar-refractivity contribution < 1.29 is 4.79 Å². The number of imidazole rings is 1. The topological polar surface area (TPSA) is 90.6 Å². The van der Waals surface area contributed by atoms with Crippen LogP contribution in [0, 0.1) is 6.92 Å². The molecular formula is C14H12N4O2. The van der Waals surface area contributed by atoms with Crippen LogP contribution >= 0.6 is 0 Å². The number of aromatic nitrogens is 3. The summed E-state index contributed by atoms with van der Waals surface area (Å²) >= 11 is 0. The lowest BCUT2D eigenvalue weighted by Crippen LogP contribution is -2.13. The summed E-state index contributed by atoms with van der Waals surface area (Å²) < 4.78 is 0. The number of hydrogen-bond acceptors (Lipinski definition) is 3. The molecular weight excluding hydrogens is 256 g/mol. The summed E-state index contributed by atoms with van der Waals surface area (Å²) in [7, 11) is 0. The average Bonchev–Trinajstić information content (AvgIpc) is 2.78. The van der Waals surface area contributed by atoms with Gasteiger partial charge in [0.05, 0.1) is 11.0 Å². The molecule has 0 bridgehead atoms. The Morgan fingerprint density at radius 2 is 2.00 bits per heavy atom. The highest BCUT2D eigenvalue weighted by Crippen LogP contribution is 2.16. The Kier molecular flexibility index (Phi) is 2.83. The highest BCUT2D eigenvalue weighted by atomic mass is 16.2. The van der Waals surface area contributed by atoms with E-state index in [2.05, 4.69) is 20.3 Å². The predicted molar refractivity (Wildman–Crippen MR) is 75.8 cm³/mol. The molecule has 0 aliphatic heterocycles. The van der Waals surface area contributed by atoms with E-state index >= 15 is 0 Å². The average molecular weight is 268 g/mol. The molecule has 1 aromatic carbocycles. The van der Waals surface area contributed by atoms with Gasteiger partial charge in [0, 0.05) is 23.6 Å². The van der Waals surface area contributed by atoms with Gasteiger partial charge in [-0.1, -0.05) is 0 Å². The first-order chi connectivity index (χ1) is 9.63. The molecule has 1 amide bonds. The molecule has 3 aromatic rings. The van der Waals surface area contributed by atoms with Gasteiger partial charge in [-0.05, 0) is 36.8 Å². The summed E-state index contributed by atoms with van der Waals surface area (Å²) in [6.45, 7) is 1.83. The van der Waals surface area contributed by atoms with E-state index in [1.165, 1.54) is 0 Å². The van der Waals surface area contributed by atoms with Crippen LogP contribution in [0.15, 0.2) is 41.5 Å². The molecule has 3 rings (SSSR count). The van der Waals surface area contributed by atoms with Crippen LogP contribution < -0.4 is 11.0 Å². The fourth-order valence-corrected chi connectivity index (χ4v) is 2.04. The highest BCUT2D eigenvalue weighted by molar-refractivity contribution is 6.05. The van der Waals surface area contributed by atoms with Crippen LogP contribution in [0.5, 0.6) is 0 Å². The lowest BCUT2D eigenvalue weighted by Gasteiger charge is -2.07. The number of rotatable bonds is 2.